The van der Waals surface area contributed by atoms with Gasteiger partial charge in [0.25, 0.3) is 0 Å². The van der Waals surface area contributed by atoms with Crippen LogP contribution in [0.15, 0.2) is 46.9 Å². The van der Waals surface area contributed by atoms with Gasteiger partial charge in [-0.15, -0.1) is 0 Å². The van der Waals surface area contributed by atoms with E-state index in [1.54, 1.807) is 0 Å². The molecule has 140 valence electrons. The summed E-state index contributed by atoms with van der Waals surface area (Å²) in [7, 11) is 0. The first-order chi connectivity index (χ1) is 13.1. The number of carbonyl (C=O) groups excluding carboxylic acids is 1. The summed E-state index contributed by atoms with van der Waals surface area (Å²) < 4.78 is 5.94. The molecule has 1 amide bonds. The lowest BCUT2D eigenvalue weighted by Gasteiger charge is -2.30. The number of fused-ring (bicyclic) bond motifs is 1. The number of piperidine rings is 1. The number of anilines is 1. The second-order valence-corrected chi connectivity index (χ2v) is 7.44. The van der Waals surface area contributed by atoms with Crippen molar-refractivity contribution in [1.82, 2.24) is 9.88 Å². The van der Waals surface area contributed by atoms with E-state index in [9.17, 15) is 4.79 Å². The van der Waals surface area contributed by atoms with E-state index < -0.39 is 0 Å². The molecule has 1 atom stereocenters. The van der Waals surface area contributed by atoms with Crippen molar-refractivity contribution in [3.63, 3.8) is 0 Å². The van der Waals surface area contributed by atoms with Gasteiger partial charge in [0, 0.05) is 18.2 Å². The topological polar surface area (TPSA) is 58.4 Å². The fourth-order valence-electron chi connectivity index (χ4n) is 3.69. The van der Waals surface area contributed by atoms with Crippen molar-refractivity contribution in [2.45, 2.75) is 32.6 Å². The van der Waals surface area contributed by atoms with Gasteiger partial charge in [-0.25, -0.2) is 4.98 Å². The number of likely N-dealkylation sites (tertiary alicyclic amines) is 1. The molecule has 0 saturated carbocycles. The van der Waals surface area contributed by atoms with Crippen molar-refractivity contribution in [2.75, 3.05) is 25.0 Å². The van der Waals surface area contributed by atoms with Gasteiger partial charge in [-0.05, 0) is 68.6 Å². The van der Waals surface area contributed by atoms with Crippen molar-refractivity contribution in [3.8, 4) is 0 Å². The maximum absolute atomic E-state index is 12.5. The quantitative estimate of drug-likeness (QED) is 0.752. The first-order valence-corrected chi connectivity index (χ1v) is 9.53. The number of aryl methyl sites for hydroxylation is 2. The Labute approximate surface area is 159 Å². The van der Waals surface area contributed by atoms with E-state index in [2.05, 4.69) is 29.0 Å². The molecule has 0 bridgehead atoms. The molecule has 2 heterocycles. The Morgan fingerprint density at radius 3 is 2.89 bits per heavy atom. The Hall–Kier alpha value is -2.66. The second kappa shape index (κ2) is 7.53. The molecule has 5 heteroatoms. The van der Waals surface area contributed by atoms with Gasteiger partial charge in [-0.1, -0.05) is 18.2 Å². The van der Waals surface area contributed by atoms with Crippen LogP contribution in [0.1, 0.15) is 35.8 Å². The van der Waals surface area contributed by atoms with Crippen LogP contribution in [-0.2, 0) is 4.79 Å². The molecule has 0 radical (unpaired) electrons. The molecule has 1 aliphatic rings. The summed E-state index contributed by atoms with van der Waals surface area (Å²) in [4.78, 5) is 19.3. The maximum Gasteiger partial charge on any atom is 0.238 e. The molecule has 1 fully saturated rings. The van der Waals surface area contributed by atoms with Crippen LogP contribution in [0.4, 0.5) is 5.69 Å². The number of nitrogens with zero attached hydrogens (tertiary/aromatic N) is 2. The Morgan fingerprint density at radius 1 is 1.22 bits per heavy atom. The van der Waals surface area contributed by atoms with E-state index >= 15 is 0 Å². The first kappa shape index (κ1) is 17.7. The highest BCUT2D eigenvalue weighted by atomic mass is 16.3. The number of aromatic nitrogens is 1. The van der Waals surface area contributed by atoms with Gasteiger partial charge in [0.05, 0.1) is 6.54 Å². The van der Waals surface area contributed by atoms with Gasteiger partial charge < -0.3 is 9.73 Å². The van der Waals surface area contributed by atoms with Gasteiger partial charge >= 0.3 is 0 Å². The zero-order chi connectivity index (χ0) is 18.8. The minimum atomic E-state index is 0.0245. The number of rotatable bonds is 4. The fraction of sp³-hybridized carbons (Fsp3) is 0.364. The summed E-state index contributed by atoms with van der Waals surface area (Å²) in [6.45, 7) is 6.25. The van der Waals surface area contributed by atoms with Gasteiger partial charge in [0.2, 0.25) is 5.91 Å². The molecule has 1 aliphatic heterocycles. The minimum absolute atomic E-state index is 0.0245. The van der Waals surface area contributed by atoms with Crippen molar-refractivity contribution >= 4 is 22.7 Å². The van der Waals surface area contributed by atoms with Gasteiger partial charge in [-0.3, -0.25) is 9.69 Å². The number of carbonyl (C=O) groups is 1. The SMILES string of the molecule is Cc1ccc(NC(=O)CN2CCC[C@@H](c3nc4ccccc4o3)C2)cc1C. The molecule has 2 aromatic carbocycles. The van der Waals surface area contributed by atoms with Crippen LogP contribution in [0.3, 0.4) is 0 Å². The third kappa shape index (κ3) is 4.03. The molecular weight excluding hydrogens is 338 g/mol. The predicted octanol–water partition coefficient (Wildman–Crippen LogP) is 4.26. The zero-order valence-electron chi connectivity index (χ0n) is 15.9. The van der Waals surface area contributed by atoms with Crippen molar-refractivity contribution < 1.29 is 9.21 Å². The summed E-state index contributed by atoms with van der Waals surface area (Å²) in [5, 5.41) is 3.01. The van der Waals surface area contributed by atoms with Crippen molar-refractivity contribution in [2.24, 2.45) is 0 Å². The van der Waals surface area contributed by atoms with Crippen LogP contribution in [0.5, 0.6) is 0 Å². The lowest BCUT2D eigenvalue weighted by Crippen LogP contribution is -2.39. The van der Waals surface area contributed by atoms with Gasteiger partial charge in [0.15, 0.2) is 11.5 Å². The van der Waals surface area contributed by atoms with Crippen LogP contribution < -0.4 is 5.32 Å². The van der Waals surface area contributed by atoms with E-state index in [1.807, 2.05) is 42.5 Å². The lowest BCUT2D eigenvalue weighted by atomic mass is 9.98. The van der Waals surface area contributed by atoms with Crippen LogP contribution in [0.2, 0.25) is 0 Å². The van der Waals surface area contributed by atoms with E-state index in [0.717, 1.165) is 48.6 Å². The molecular formula is C22H25N3O2. The zero-order valence-corrected chi connectivity index (χ0v) is 15.9. The number of amides is 1. The number of benzene rings is 2. The Bertz CT molecular complexity index is 930. The van der Waals surface area contributed by atoms with Crippen molar-refractivity contribution in [1.29, 1.82) is 0 Å². The molecule has 1 saturated heterocycles. The highest BCUT2D eigenvalue weighted by Gasteiger charge is 2.26. The van der Waals surface area contributed by atoms with Crippen LogP contribution in [-0.4, -0.2) is 35.4 Å². The monoisotopic (exact) mass is 363 g/mol. The summed E-state index contributed by atoms with van der Waals surface area (Å²) in [5.74, 6) is 1.05. The Kier molecular flexibility index (Phi) is 4.94. The van der Waals surface area contributed by atoms with E-state index in [4.69, 9.17) is 4.42 Å². The molecule has 27 heavy (non-hydrogen) atoms. The molecule has 1 aromatic heterocycles. The van der Waals surface area contributed by atoms with Crippen molar-refractivity contribution in [3.05, 3.63) is 59.5 Å². The summed E-state index contributed by atoms with van der Waals surface area (Å²) in [6, 6.07) is 13.9. The lowest BCUT2D eigenvalue weighted by molar-refractivity contribution is -0.117. The molecule has 4 rings (SSSR count). The smallest absolute Gasteiger partial charge is 0.238 e. The highest BCUT2D eigenvalue weighted by molar-refractivity contribution is 5.92. The second-order valence-electron chi connectivity index (χ2n) is 7.44. The standard InChI is InChI=1S/C22H25N3O2/c1-15-9-10-18(12-16(15)2)23-21(26)14-25-11-5-6-17(13-25)22-24-19-7-3-4-8-20(19)27-22/h3-4,7-10,12,17H,5-6,11,13-14H2,1-2H3,(H,23,26)/t17-/m1/s1. The van der Waals surface area contributed by atoms with Gasteiger partial charge in [0.1, 0.15) is 5.52 Å². The van der Waals surface area contributed by atoms with Crippen LogP contribution >= 0.6 is 0 Å². The van der Waals surface area contributed by atoms with Crippen LogP contribution in [0, 0.1) is 13.8 Å². The molecule has 0 aliphatic carbocycles. The molecule has 0 unspecified atom stereocenters. The molecule has 0 spiro atoms. The van der Waals surface area contributed by atoms with Gasteiger partial charge in [-0.2, -0.15) is 0 Å². The first-order valence-electron chi connectivity index (χ1n) is 9.53. The summed E-state index contributed by atoms with van der Waals surface area (Å²) in [6.07, 6.45) is 2.09. The minimum Gasteiger partial charge on any atom is -0.440 e. The number of hydrogen-bond donors (Lipinski definition) is 1. The normalized spacial score (nSPS) is 17.9. The molecule has 1 N–H and O–H groups in total. The maximum atomic E-state index is 12.5. The molecule has 5 nitrogen and oxygen atoms in total. The number of hydrogen-bond acceptors (Lipinski definition) is 4. The van der Waals surface area contributed by atoms with E-state index in [-0.39, 0.29) is 11.8 Å². The van der Waals surface area contributed by atoms with E-state index in [0.29, 0.717) is 6.54 Å². The molecule has 3 aromatic rings. The average Bonchev–Trinajstić information content (AvgIpc) is 3.09. The third-order valence-corrected chi connectivity index (χ3v) is 5.32. The highest BCUT2D eigenvalue weighted by Crippen LogP contribution is 2.28. The third-order valence-electron chi connectivity index (χ3n) is 5.32. The number of para-hydroxylation sites is 2. The van der Waals surface area contributed by atoms with Crippen LogP contribution in [0.25, 0.3) is 11.1 Å². The summed E-state index contributed by atoms with van der Waals surface area (Å²) >= 11 is 0. The predicted molar refractivity (Wildman–Crippen MR) is 107 cm³/mol. The Balaban J connectivity index is 1.39. The Morgan fingerprint density at radius 2 is 2.07 bits per heavy atom. The van der Waals surface area contributed by atoms with E-state index in [1.165, 1.54) is 11.1 Å². The summed E-state index contributed by atoms with van der Waals surface area (Å²) in [5.41, 5.74) is 5.00. The number of oxazole rings is 1. The average molecular weight is 363 g/mol. The number of nitrogens with one attached hydrogen (secondary N) is 1. The largest absolute Gasteiger partial charge is 0.440 e. The fourth-order valence-corrected chi connectivity index (χ4v) is 3.69.